The summed E-state index contributed by atoms with van der Waals surface area (Å²) in [6.07, 6.45) is 3.12. The molecule has 0 radical (unpaired) electrons. The molecule has 0 spiro atoms. The predicted molar refractivity (Wildman–Crippen MR) is 77.1 cm³/mol. The lowest BCUT2D eigenvalue weighted by Gasteiger charge is -2.07. The van der Waals surface area contributed by atoms with Crippen LogP contribution >= 0.6 is 0 Å². The van der Waals surface area contributed by atoms with Gasteiger partial charge in [-0.2, -0.15) is 4.98 Å². The zero-order valence-electron chi connectivity index (χ0n) is 11.4. The highest BCUT2D eigenvalue weighted by molar-refractivity contribution is 7.92. The van der Waals surface area contributed by atoms with Gasteiger partial charge < -0.3 is 4.74 Å². The topological polar surface area (TPSA) is 98.2 Å². The quantitative estimate of drug-likeness (QED) is 0.845. The zero-order chi connectivity index (χ0) is 15.5. The van der Waals surface area contributed by atoms with Crippen LogP contribution in [-0.2, 0) is 10.0 Å². The van der Waals surface area contributed by atoms with E-state index in [1.807, 2.05) is 0 Å². The summed E-state index contributed by atoms with van der Waals surface area (Å²) in [4.78, 5) is 18.6. The van der Waals surface area contributed by atoms with E-state index in [0.29, 0.717) is 29.0 Å². The summed E-state index contributed by atoms with van der Waals surface area (Å²) in [5.74, 6) is 0.451. The smallest absolute Gasteiger partial charge is 0.322 e. The van der Waals surface area contributed by atoms with Gasteiger partial charge in [-0.25, -0.2) is 13.4 Å². The summed E-state index contributed by atoms with van der Waals surface area (Å²) >= 11 is 0. The Hall–Kier alpha value is -2.48. The average molecular weight is 307 g/mol. The van der Waals surface area contributed by atoms with E-state index in [1.54, 1.807) is 31.2 Å². The average Bonchev–Trinajstić information content (AvgIpc) is 2.40. The molecule has 0 saturated carbocycles. The zero-order valence-corrected chi connectivity index (χ0v) is 12.2. The normalized spacial score (nSPS) is 11.0. The SMILES string of the molecule is Cc1nc(Oc2ccc(NS(C)(=O)=O)cc2)ncc1C=O. The molecule has 0 unspecified atom stereocenters. The van der Waals surface area contributed by atoms with Crippen LogP contribution in [0.3, 0.4) is 0 Å². The first kappa shape index (κ1) is 14.9. The molecule has 0 amide bonds. The summed E-state index contributed by atoms with van der Waals surface area (Å²) < 4.78 is 29.9. The Morgan fingerprint density at radius 1 is 1.24 bits per heavy atom. The molecule has 0 saturated heterocycles. The third-order valence-electron chi connectivity index (χ3n) is 2.49. The van der Waals surface area contributed by atoms with Crippen molar-refractivity contribution in [3.63, 3.8) is 0 Å². The number of nitrogens with zero attached hydrogens (tertiary/aromatic N) is 2. The second-order valence-electron chi connectivity index (χ2n) is 4.31. The Kier molecular flexibility index (Phi) is 4.18. The summed E-state index contributed by atoms with van der Waals surface area (Å²) in [5.41, 5.74) is 1.35. The van der Waals surface area contributed by atoms with E-state index < -0.39 is 10.0 Å². The van der Waals surface area contributed by atoms with Gasteiger partial charge in [0.25, 0.3) is 0 Å². The molecule has 0 aliphatic rings. The Morgan fingerprint density at radius 3 is 2.43 bits per heavy atom. The van der Waals surface area contributed by atoms with Gasteiger partial charge >= 0.3 is 6.01 Å². The Balaban J connectivity index is 2.13. The van der Waals surface area contributed by atoms with Crippen LogP contribution < -0.4 is 9.46 Å². The van der Waals surface area contributed by atoms with E-state index in [-0.39, 0.29) is 6.01 Å². The molecule has 0 bridgehead atoms. The highest BCUT2D eigenvalue weighted by atomic mass is 32.2. The van der Waals surface area contributed by atoms with Crippen molar-refractivity contribution >= 4 is 22.0 Å². The Bertz CT molecular complexity index is 757. The number of hydrogen-bond donors (Lipinski definition) is 1. The lowest BCUT2D eigenvalue weighted by molar-refractivity contribution is 0.112. The number of hydrogen-bond acceptors (Lipinski definition) is 6. The standard InChI is InChI=1S/C13H13N3O4S/c1-9-10(8-17)7-14-13(15-9)20-12-5-3-11(4-6-12)16-21(2,18)19/h3-8,16H,1-2H3. The van der Waals surface area contributed by atoms with E-state index in [4.69, 9.17) is 4.74 Å². The predicted octanol–water partition coefficient (Wildman–Crippen LogP) is 1.76. The molecule has 21 heavy (non-hydrogen) atoms. The fourth-order valence-electron chi connectivity index (χ4n) is 1.53. The van der Waals surface area contributed by atoms with Crippen molar-refractivity contribution in [1.29, 1.82) is 0 Å². The van der Waals surface area contributed by atoms with Crippen LogP contribution in [0, 0.1) is 6.92 Å². The van der Waals surface area contributed by atoms with Gasteiger partial charge in [0.15, 0.2) is 6.29 Å². The number of carbonyl (C=O) groups is 1. The maximum absolute atomic E-state index is 11.1. The maximum Gasteiger partial charge on any atom is 0.322 e. The van der Waals surface area contributed by atoms with Gasteiger partial charge in [-0.05, 0) is 31.2 Å². The van der Waals surface area contributed by atoms with Crippen molar-refractivity contribution in [1.82, 2.24) is 9.97 Å². The number of rotatable bonds is 5. The van der Waals surface area contributed by atoms with E-state index in [1.165, 1.54) is 6.20 Å². The molecule has 0 atom stereocenters. The van der Waals surface area contributed by atoms with Crippen molar-refractivity contribution in [3.8, 4) is 11.8 Å². The van der Waals surface area contributed by atoms with Crippen molar-refractivity contribution in [2.24, 2.45) is 0 Å². The van der Waals surface area contributed by atoms with Crippen LogP contribution in [-0.4, -0.2) is 30.9 Å². The number of nitrogens with one attached hydrogen (secondary N) is 1. The minimum Gasteiger partial charge on any atom is -0.424 e. The Morgan fingerprint density at radius 2 is 1.90 bits per heavy atom. The molecule has 0 aliphatic carbocycles. The van der Waals surface area contributed by atoms with Crippen molar-refractivity contribution in [3.05, 3.63) is 41.7 Å². The summed E-state index contributed by atoms with van der Waals surface area (Å²) in [7, 11) is -3.31. The lowest BCUT2D eigenvalue weighted by atomic mass is 10.3. The first-order valence-corrected chi connectivity index (χ1v) is 7.81. The van der Waals surface area contributed by atoms with Gasteiger partial charge in [-0.15, -0.1) is 0 Å². The number of anilines is 1. The molecule has 0 fully saturated rings. The van der Waals surface area contributed by atoms with Crippen molar-refractivity contribution < 1.29 is 17.9 Å². The van der Waals surface area contributed by atoms with E-state index >= 15 is 0 Å². The molecule has 7 nitrogen and oxygen atoms in total. The van der Waals surface area contributed by atoms with E-state index in [2.05, 4.69) is 14.7 Å². The van der Waals surface area contributed by atoms with Gasteiger partial charge in [-0.1, -0.05) is 0 Å². The summed E-state index contributed by atoms with van der Waals surface area (Å²) in [5, 5.41) is 0. The second kappa shape index (κ2) is 5.88. The number of carbonyl (C=O) groups excluding carboxylic acids is 1. The molecule has 2 aromatic rings. The second-order valence-corrected chi connectivity index (χ2v) is 6.06. The van der Waals surface area contributed by atoms with Crippen LogP contribution in [0.5, 0.6) is 11.8 Å². The van der Waals surface area contributed by atoms with Crippen LogP contribution in [0.15, 0.2) is 30.5 Å². The Labute approximate surface area is 122 Å². The van der Waals surface area contributed by atoms with Crippen LogP contribution in [0.25, 0.3) is 0 Å². The third kappa shape index (κ3) is 4.25. The molecule has 8 heteroatoms. The minimum atomic E-state index is -3.31. The van der Waals surface area contributed by atoms with Gasteiger partial charge in [0.2, 0.25) is 10.0 Å². The fourth-order valence-corrected chi connectivity index (χ4v) is 2.09. The molecule has 0 aliphatic heterocycles. The number of ether oxygens (including phenoxy) is 1. The van der Waals surface area contributed by atoms with Crippen LogP contribution in [0.2, 0.25) is 0 Å². The van der Waals surface area contributed by atoms with E-state index in [0.717, 1.165) is 6.26 Å². The molecular weight excluding hydrogens is 294 g/mol. The largest absolute Gasteiger partial charge is 0.424 e. The van der Waals surface area contributed by atoms with Crippen LogP contribution in [0.4, 0.5) is 5.69 Å². The fraction of sp³-hybridized carbons (Fsp3) is 0.154. The molecule has 1 heterocycles. The lowest BCUT2D eigenvalue weighted by Crippen LogP contribution is -2.09. The van der Waals surface area contributed by atoms with E-state index in [9.17, 15) is 13.2 Å². The van der Waals surface area contributed by atoms with Gasteiger partial charge in [0.05, 0.1) is 17.5 Å². The van der Waals surface area contributed by atoms with Gasteiger partial charge in [0, 0.05) is 11.9 Å². The van der Waals surface area contributed by atoms with Gasteiger partial charge in [0.1, 0.15) is 5.75 Å². The molecule has 2 rings (SSSR count). The highest BCUT2D eigenvalue weighted by Crippen LogP contribution is 2.21. The molecular formula is C13H13N3O4S. The maximum atomic E-state index is 11.1. The number of benzene rings is 1. The number of aldehydes is 1. The minimum absolute atomic E-state index is 0.113. The van der Waals surface area contributed by atoms with Crippen molar-refractivity contribution in [2.75, 3.05) is 11.0 Å². The summed E-state index contributed by atoms with van der Waals surface area (Å²) in [6, 6.07) is 6.40. The highest BCUT2D eigenvalue weighted by Gasteiger charge is 2.06. The molecule has 1 aromatic heterocycles. The van der Waals surface area contributed by atoms with Crippen molar-refractivity contribution in [2.45, 2.75) is 6.92 Å². The molecule has 1 N–H and O–H groups in total. The summed E-state index contributed by atoms with van der Waals surface area (Å²) in [6.45, 7) is 1.68. The molecule has 1 aromatic carbocycles. The van der Waals surface area contributed by atoms with Gasteiger partial charge in [-0.3, -0.25) is 9.52 Å². The first-order valence-electron chi connectivity index (χ1n) is 5.92. The van der Waals surface area contributed by atoms with Crippen LogP contribution in [0.1, 0.15) is 16.1 Å². The monoisotopic (exact) mass is 307 g/mol. The number of sulfonamides is 1. The third-order valence-corrected chi connectivity index (χ3v) is 3.10. The number of aromatic nitrogens is 2. The molecule has 110 valence electrons. The first-order chi connectivity index (χ1) is 9.87. The number of aryl methyl sites for hydroxylation is 1.